The topological polar surface area (TPSA) is 77.6 Å². The van der Waals surface area contributed by atoms with Crippen LogP contribution in [0.25, 0.3) is 10.9 Å². The van der Waals surface area contributed by atoms with Gasteiger partial charge < -0.3 is 19.2 Å². The lowest BCUT2D eigenvalue weighted by atomic mass is 10.1. The van der Waals surface area contributed by atoms with Crippen LogP contribution in [0.1, 0.15) is 23.0 Å². The van der Waals surface area contributed by atoms with Gasteiger partial charge in [0.25, 0.3) is 0 Å². The van der Waals surface area contributed by atoms with Crippen molar-refractivity contribution in [2.75, 3.05) is 13.2 Å². The van der Waals surface area contributed by atoms with Gasteiger partial charge in [0, 0.05) is 16.5 Å². The predicted octanol–water partition coefficient (Wildman–Crippen LogP) is 5.13. The molecular formula is C25H21NO5. The molecule has 0 aliphatic rings. The van der Waals surface area contributed by atoms with Gasteiger partial charge in [-0.3, -0.25) is 4.79 Å². The summed E-state index contributed by atoms with van der Waals surface area (Å²) in [4.78, 5) is 27.5. The highest BCUT2D eigenvalue weighted by atomic mass is 16.6. The largest absolute Gasteiger partial charge is 0.482 e. The lowest BCUT2D eigenvalue weighted by molar-refractivity contribution is -0.145. The first-order valence-electron chi connectivity index (χ1n) is 9.91. The van der Waals surface area contributed by atoms with Crippen molar-refractivity contribution in [2.24, 2.45) is 0 Å². The Morgan fingerprint density at radius 1 is 0.839 bits per heavy atom. The van der Waals surface area contributed by atoms with Crippen molar-refractivity contribution in [3.05, 3.63) is 90.1 Å². The number of ether oxygens (including phenoxy) is 3. The first kappa shape index (κ1) is 20.2. The van der Waals surface area contributed by atoms with Crippen LogP contribution in [-0.4, -0.2) is 30.0 Å². The number of aromatic amines is 1. The fourth-order valence-electron chi connectivity index (χ4n) is 3.12. The molecule has 6 heteroatoms. The number of esters is 1. The summed E-state index contributed by atoms with van der Waals surface area (Å²) < 4.78 is 16.1. The van der Waals surface area contributed by atoms with Crippen molar-refractivity contribution in [1.29, 1.82) is 0 Å². The molecule has 0 amide bonds. The zero-order valence-electron chi connectivity index (χ0n) is 17.0. The molecule has 3 aromatic carbocycles. The van der Waals surface area contributed by atoms with Crippen LogP contribution in [0.15, 0.2) is 78.9 Å². The van der Waals surface area contributed by atoms with Crippen molar-refractivity contribution in [2.45, 2.75) is 6.92 Å². The summed E-state index contributed by atoms with van der Waals surface area (Å²) >= 11 is 0. The average molecular weight is 415 g/mol. The Balaban J connectivity index is 1.46. The van der Waals surface area contributed by atoms with Gasteiger partial charge in [-0.2, -0.15) is 0 Å². The fourth-order valence-corrected chi connectivity index (χ4v) is 3.12. The maximum Gasteiger partial charge on any atom is 0.344 e. The molecule has 1 heterocycles. The minimum absolute atomic E-state index is 0.128. The average Bonchev–Trinajstić information content (AvgIpc) is 3.22. The van der Waals surface area contributed by atoms with Crippen LogP contribution in [0.2, 0.25) is 0 Å². The molecule has 31 heavy (non-hydrogen) atoms. The molecule has 0 saturated carbocycles. The molecule has 0 atom stereocenters. The minimum atomic E-state index is -0.424. The van der Waals surface area contributed by atoms with E-state index in [0.717, 1.165) is 16.7 Å². The van der Waals surface area contributed by atoms with E-state index in [1.807, 2.05) is 36.4 Å². The Bertz CT molecular complexity index is 1200. The zero-order chi connectivity index (χ0) is 21.6. The number of carbonyl (C=O) groups is 2. The van der Waals surface area contributed by atoms with Crippen LogP contribution in [0, 0.1) is 0 Å². The zero-order valence-corrected chi connectivity index (χ0v) is 17.0. The quantitative estimate of drug-likeness (QED) is 0.319. The molecule has 0 radical (unpaired) electrons. The van der Waals surface area contributed by atoms with Crippen LogP contribution in [0.4, 0.5) is 0 Å². The summed E-state index contributed by atoms with van der Waals surface area (Å²) in [5.41, 5.74) is 1.82. The second-order valence-electron chi connectivity index (χ2n) is 6.79. The third-order valence-electron chi connectivity index (χ3n) is 4.59. The molecule has 0 unspecified atom stereocenters. The van der Waals surface area contributed by atoms with E-state index in [1.165, 1.54) is 0 Å². The number of carbonyl (C=O) groups excluding carboxylic acids is 2. The Kier molecular flexibility index (Phi) is 5.98. The van der Waals surface area contributed by atoms with Crippen molar-refractivity contribution in [3.63, 3.8) is 0 Å². The van der Waals surface area contributed by atoms with Gasteiger partial charge in [0.05, 0.1) is 12.3 Å². The number of hydrogen-bond acceptors (Lipinski definition) is 5. The van der Waals surface area contributed by atoms with Crippen molar-refractivity contribution < 1.29 is 23.8 Å². The van der Waals surface area contributed by atoms with Gasteiger partial charge in [0.15, 0.2) is 6.61 Å². The van der Waals surface area contributed by atoms with Crippen LogP contribution in [0.5, 0.6) is 17.2 Å². The Morgan fingerprint density at radius 2 is 1.55 bits per heavy atom. The number of nitrogens with one attached hydrogen (secondary N) is 1. The van der Waals surface area contributed by atoms with E-state index in [0.29, 0.717) is 29.4 Å². The first-order chi connectivity index (χ1) is 15.1. The standard InChI is InChI=1S/C25H21NO5/c1-2-29-24(27)16-30-21-12-13-22-18(14-21)15-23(26-22)25(28)17-8-10-20(11-9-17)31-19-6-4-3-5-7-19/h3-15,26H,2,16H2,1H3. The molecule has 6 nitrogen and oxygen atoms in total. The van der Waals surface area contributed by atoms with Crippen molar-refractivity contribution in [1.82, 2.24) is 4.98 Å². The summed E-state index contributed by atoms with van der Waals surface area (Å²) in [6.07, 6.45) is 0. The number of para-hydroxylation sites is 1. The molecule has 0 bridgehead atoms. The van der Waals surface area contributed by atoms with Crippen LogP contribution in [-0.2, 0) is 9.53 Å². The van der Waals surface area contributed by atoms with E-state index in [1.54, 1.807) is 49.4 Å². The lowest BCUT2D eigenvalue weighted by Gasteiger charge is -2.06. The number of rotatable bonds is 8. The highest BCUT2D eigenvalue weighted by Crippen LogP contribution is 2.25. The molecule has 156 valence electrons. The Morgan fingerprint density at radius 3 is 2.29 bits per heavy atom. The van der Waals surface area contributed by atoms with Crippen molar-refractivity contribution >= 4 is 22.7 Å². The van der Waals surface area contributed by atoms with E-state index in [9.17, 15) is 9.59 Å². The monoisotopic (exact) mass is 415 g/mol. The van der Waals surface area contributed by atoms with Crippen molar-refractivity contribution in [3.8, 4) is 17.2 Å². The summed E-state index contributed by atoms with van der Waals surface area (Å²) in [5, 5.41) is 0.814. The molecule has 1 N–H and O–H groups in total. The van der Waals surface area contributed by atoms with E-state index in [-0.39, 0.29) is 12.4 Å². The van der Waals surface area contributed by atoms with Gasteiger partial charge in [0.1, 0.15) is 17.2 Å². The number of hydrogen-bond donors (Lipinski definition) is 1. The van der Waals surface area contributed by atoms with E-state index in [4.69, 9.17) is 14.2 Å². The maximum atomic E-state index is 12.9. The lowest BCUT2D eigenvalue weighted by Crippen LogP contribution is -2.14. The van der Waals surface area contributed by atoms with Gasteiger partial charge in [-0.1, -0.05) is 18.2 Å². The third-order valence-corrected chi connectivity index (χ3v) is 4.59. The molecule has 4 rings (SSSR count). The summed E-state index contributed by atoms with van der Waals surface area (Å²) in [6.45, 7) is 1.89. The number of benzene rings is 3. The van der Waals surface area contributed by atoms with Gasteiger partial charge in [-0.15, -0.1) is 0 Å². The molecule has 0 saturated heterocycles. The molecule has 0 aliphatic carbocycles. The second-order valence-corrected chi connectivity index (χ2v) is 6.79. The first-order valence-corrected chi connectivity index (χ1v) is 9.91. The van der Waals surface area contributed by atoms with Gasteiger partial charge in [-0.25, -0.2) is 4.79 Å². The summed E-state index contributed by atoms with van der Waals surface area (Å²) in [7, 11) is 0. The molecule has 1 aromatic heterocycles. The number of ketones is 1. The molecule has 0 spiro atoms. The normalized spacial score (nSPS) is 10.6. The van der Waals surface area contributed by atoms with Gasteiger partial charge >= 0.3 is 5.97 Å². The van der Waals surface area contributed by atoms with E-state index < -0.39 is 5.97 Å². The van der Waals surface area contributed by atoms with Gasteiger partial charge in [0.2, 0.25) is 5.78 Å². The number of H-pyrrole nitrogens is 1. The summed E-state index contributed by atoms with van der Waals surface area (Å²) in [6, 6.07) is 23.6. The van der Waals surface area contributed by atoms with Crippen LogP contribution < -0.4 is 9.47 Å². The fraction of sp³-hybridized carbons (Fsp3) is 0.120. The highest BCUT2D eigenvalue weighted by Gasteiger charge is 2.13. The van der Waals surface area contributed by atoms with Crippen LogP contribution >= 0.6 is 0 Å². The minimum Gasteiger partial charge on any atom is -0.482 e. The van der Waals surface area contributed by atoms with Gasteiger partial charge in [-0.05, 0) is 67.6 Å². The Labute approximate surface area is 179 Å². The third kappa shape index (κ3) is 4.93. The Hall–Kier alpha value is -4.06. The molecule has 0 aliphatic heterocycles. The number of aromatic nitrogens is 1. The molecule has 0 fully saturated rings. The smallest absolute Gasteiger partial charge is 0.344 e. The number of fused-ring (bicyclic) bond motifs is 1. The molecular weight excluding hydrogens is 394 g/mol. The second kappa shape index (κ2) is 9.17. The molecule has 4 aromatic rings. The maximum absolute atomic E-state index is 12.9. The van der Waals surface area contributed by atoms with Crippen LogP contribution in [0.3, 0.4) is 0 Å². The van der Waals surface area contributed by atoms with E-state index >= 15 is 0 Å². The predicted molar refractivity (Wildman–Crippen MR) is 117 cm³/mol. The SMILES string of the molecule is CCOC(=O)COc1ccc2[nH]c(C(=O)c3ccc(Oc4ccccc4)cc3)cc2c1. The van der Waals surface area contributed by atoms with E-state index in [2.05, 4.69) is 4.98 Å². The highest BCUT2D eigenvalue weighted by molar-refractivity contribution is 6.10. The summed E-state index contributed by atoms with van der Waals surface area (Å²) in [5.74, 6) is 1.37.